The molecule has 1 saturated heterocycles. The zero-order valence-electron chi connectivity index (χ0n) is 30.3. The Hall–Kier alpha value is -3.95. The average molecular weight is 686 g/mol. The van der Waals surface area contributed by atoms with E-state index in [0.717, 1.165) is 73.9 Å². The van der Waals surface area contributed by atoms with E-state index in [4.69, 9.17) is 14.5 Å². The number of ether oxygens (including phenoxy) is 2. The molecule has 8 rings (SSSR count). The number of nitrogens with zero attached hydrogens (tertiary/aromatic N) is 5. The number of anilines is 1. The zero-order valence-corrected chi connectivity index (χ0v) is 30.3. The van der Waals surface area contributed by atoms with Crippen LogP contribution >= 0.6 is 0 Å². The van der Waals surface area contributed by atoms with Crippen molar-refractivity contribution < 1.29 is 23.5 Å². The summed E-state index contributed by atoms with van der Waals surface area (Å²) in [6.07, 6.45) is 13.9. The molecule has 0 atom stereocenters. The van der Waals surface area contributed by atoms with Crippen molar-refractivity contribution in [1.82, 2.24) is 19.7 Å². The summed E-state index contributed by atoms with van der Waals surface area (Å²) in [5, 5.41) is 4.55. The zero-order chi connectivity index (χ0) is 35.2. The topological polar surface area (TPSA) is 89.8 Å². The average Bonchev–Trinajstić information content (AvgIpc) is 3.61. The van der Waals surface area contributed by atoms with Gasteiger partial charge in [0.1, 0.15) is 11.9 Å². The quantitative estimate of drug-likeness (QED) is 0.225. The predicted octanol–water partition coefficient (Wildman–Crippen LogP) is 8.25. The maximum absolute atomic E-state index is 15.0. The standard InChI is InChI=1S/C40H52FN5O4/c1-26(2)46-24-31(21-43-46)30-10-17-42-35(19-30)45(37(47)29-6-8-33(9-7-29)50-38(48)44-22-27(3)23-44)25-39-11-14-40(15-12-39,16-13-39)32-18-28(4)36(49-5)34(41)20-32/h10,17-21,24,26-27,29,33H,6-9,11-16,22-23,25H2,1-5H3. The van der Waals surface area contributed by atoms with Crippen LogP contribution in [0, 0.1) is 30.0 Å². The Morgan fingerprint density at radius 1 is 1.02 bits per heavy atom. The summed E-state index contributed by atoms with van der Waals surface area (Å²) in [5.41, 5.74) is 3.81. The van der Waals surface area contributed by atoms with Crippen LogP contribution in [0.5, 0.6) is 5.75 Å². The Bertz CT molecular complexity index is 1680. The fraction of sp³-hybridized carbons (Fsp3) is 0.600. The Kier molecular flexibility index (Phi) is 9.41. The summed E-state index contributed by atoms with van der Waals surface area (Å²) < 4.78 is 28.1. The molecule has 2 bridgehead atoms. The smallest absolute Gasteiger partial charge is 0.410 e. The molecule has 1 aromatic carbocycles. The normalized spacial score (nSPS) is 26.5. The van der Waals surface area contributed by atoms with Crippen molar-refractivity contribution in [2.24, 2.45) is 17.3 Å². The molecule has 10 heteroatoms. The lowest BCUT2D eigenvalue weighted by molar-refractivity contribution is -0.124. The number of rotatable bonds is 9. The lowest BCUT2D eigenvalue weighted by Gasteiger charge is -2.55. The van der Waals surface area contributed by atoms with Crippen molar-refractivity contribution in [3.63, 3.8) is 0 Å². The van der Waals surface area contributed by atoms with Gasteiger partial charge in [-0.05, 0) is 137 Å². The largest absolute Gasteiger partial charge is 0.493 e. The second-order valence-electron chi connectivity index (χ2n) is 16.1. The minimum atomic E-state index is -0.291. The maximum atomic E-state index is 15.0. The molecule has 2 amide bonds. The molecule has 0 spiro atoms. The highest BCUT2D eigenvalue weighted by Crippen LogP contribution is 2.58. The summed E-state index contributed by atoms with van der Waals surface area (Å²) in [6, 6.07) is 8.07. The van der Waals surface area contributed by atoms with Crippen LogP contribution in [-0.4, -0.2) is 64.5 Å². The number of carbonyl (C=O) groups is 2. The highest BCUT2D eigenvalue weighted by molar-refractivity contribution is 5.95. The van der Waals surface area contributed by atoms with Gasteiger partial charge in [-0.2, -0.15) is 5.10 Å². The Labute approximate surface area is 295 Å². The molecule has 50 heavy (non-hydrogen) atoms. The fourth-order valence-electron chi connectivity index (χ4n) is 9.06. The second kappa shape index (κ2) is 13.6. The molecule has 0 N–H and O–H groups in total. The van der Waals surface area contributed by atoms with Gasteiger partial charge in [-0.15, -0.1) is 0 Å². The number of methoxy groups -OCH3 is 1. The minimum Gasteiger partial charge on any atom is -0.493 e. The van der Waals surface area contributed by atoms with Gasteiger partial charge in [0.2, 0.25) is 5.91 Å². The van der Waals surface area contributed by atoms with E-state index in [-0.39, 0.29) is 46.7 Å². The van der Waals surface area contributed by atoms with Gasteiger partial charge in [0, 0.05) is 49.6 Å². The van der Waals surface area contributed by atoms with E-state index >= 15 is 4.39 Å². The first kappa shape index (κ1) is 34.5. The summed E-state index contributed by atoms with van der Waals surface area (Å²) in [7, 11) is 1.52. The SMILES string of the molecule is COc1c(C)cc(C23CCC(CN(C(=O)C4CCC(OC(=O)N5CC(C)C5)CC4)c4cc(-c5cnn(C(C)C)c5)ccn4)(CC2)CC3)cc1F. The van der Waals surface area contributed by atoms with Crippen LogP contribution in [0.1, 0.15) is 102 Å². The van der Waals surface area contributed by atoms with Crippen molar-refractivity contribution in [2.75, 3.05) is 31.6 Å². The number of hydrogen-bond acceptors (Lipinski definition) is 6. The molecule has 0 radical (unpaired) electrons. The van der Waals surface area contributed by atoms with Gasteiger partial charge < -0.3 is 14.4 Å². The van der Waals surface area contributed by atoms with E-state index in [1.165, 1.54) is 7.11 Å². The number of benzene rings is 1. The molecule has 1 aliphatic heterocycles. The number of aromatic nitrogens is 3. The molecule has 268 valence electrons. The molecule has 9 nitrogen and oxygen atoms in total. The molecular formula is C40H52FN5O4. The van der Waals surface area contributed by atoms with Crippen LogP contribution in [0.4, 0.5) is 15.0 Å². The van der Waals surface area contributed by atoms with Gasteiger partial charge in [0.15, 0.2) is 11.6 Å². The summed E-state index contributed by atoms with van der Waals surface area (Å²) >= 11 is 0. The third-order valence-electron chi connectivity index (χ3n) is 12.3. The lowest BCUT2D eigenvalue weighted by Crippen LogP contribution is -2.52. The van der Waals surface area contributed by atoms with Gasteiger partial charge in [-0.25, -0.2) is 14.2 Å². The monoisotopic (exact) mass is 685 g/mol. The number of likely N-dealkylation sites (tertiary alicyclic amines) is 1. The van der Waals surface area contributed by atoms with Crippen molar-refractivity contribution in [3.05, 3.63) is 59.8 Å². The minimum absolute atomic E-state index is 0.0290. The van der Waals surface area contributed by atoms with E-state index in [0.29, 0.717) is 49.7 Å². The van der Waals surface area contributed by atoms with Crippen molar-refractivity contribution in [3.8, 4) is 16.9 Å². The summed E-state index contributed by atoms with van der Waals surface area (Å²) in [5.74, 6) is 1.19. The van der Waals surface area contributed by atoms with Crippen LogP contribution < -0.4 is 9.64 Å². The number of fused-ring (bicyclic) bond motifs is 3. The number of pyridine rings is 1. The van der Waals surface area contributed by atoms with Crippen molar-refractivity contribution in [1.29, 1.82) is 0 Å². The lowest BCUT2D eigenvalue weighted by atomic mass is 9.51. The van der Waals surface area contributed by atoms with Gasteiger partial charge in [0.05, 0.1) is 13.3 Å². The Balaban J connectivity index is 1.10. The first-order chi connectivity index (χ1) is 24.0. The van der Waals surface area contributed by atoms with Crippen LogP contribution in [0.2, 0.25) is 0 Å². The van der Waals surface area contributed by atoms with Gasteiger partial charge in [-0.1, -0.05) is 13.0 Å². The van der Waals surface area contributed by atoms with Crippen molar-refractivity contribution in [2.45, 2.75) is 109 Å². The Morgan fingerprint density at radius 2 is 1.72 bits per heavy atom. The molecule has 5 fully saturated rings. The number of carbonyl (C=O) groups excluding carboxylic acids is 2. The highest BCUT2D eigenvalue weighted by atomic mass is 19.1. The third kappa shape index (κ3) is 6.62. The molecule has 3 aromatic rings. The summed E-state index contributed by atoms with van der Waals surface area (Å²) in [6.45, 7) is 10.4. The highest BCUT2D eigenvalue weighted by Gasteiger charge is 2.51. The van der Waals surface area contributed by atoms with Gasteiger partial charge in [-0.3, -0.25) is 14.4 Å². The van der Waals surface area contributed by atoms with E-state index in [9.17, 15) is 9.59 Å². The fourth-order valence-corrected chi connectivity index (χ4v) is 9.06. The van der Waals surface area contributed by atoms with E-state index in [2.05, 4.69) is 31.9 Å². The van der Waals surface area contributed by atoms with E-state index < -0.39 is 0 Å². The van der Waals surface area contributed by atoms with Crippen molar-refractivity contribution >= 4 is 17.8 Å². The van der Waals surface area contributed by atoms with E-state index in [1.807, 2.05) is 41.0 Å². The predicted molar refractivity (Wildman–Crippen MR) is 191 cm³/mol. The Morgan fingerprint density at radius 3 is 2.32 bits per heavy atom. The van der Waals surface area contributed by atoms with Crippen LogP contribution in [0.25, 0.3) is 11.1 Å². The summed E-state index contributed by atoms with van der Waals surface area (Å²) in [4.78, 5) is 35.8. The molecule has 5 aliphatic rings. The van der Waals surface area contributed by atoms with E-state index in [1.54, 1.807) is 17.2 Å². The number of hydrogen-bond donors (Lipinski definition) is 0. The van der Waals surface area contributed by atoms with Crippen LogP contribution in [-0.2, 0) is 14.9 Å². The third-order valence-corrected chi connectivity index (χ3v) is 12.3. The second-order valence-corrected chi connectivity index (χ2v) is 16.1. The van der Waals surface area contributed by atoms with Gasteiger partial charge in [0.25, 0.3) is 0 Å². The first-order valence-corrected chi connectivity index (χ1v) is 18.6. The molecule has 4 saturated carbocycles. The van der Waals surface area contributed by atoms with Gasteiger partial charge >= 0.3 is 6.09 Å². The van der Waals surface area contributed by atoms with Crippen LogP contribution in [0.3, 0.4) is 0 Å². The van der Waals surface area contributed by atoms with Crippen LogP contribution in [0.15, 0.2) is 42.9 Å². The molecule has 4 aliphatic carbocycles. The molecule has 0 unspecified atom stereocenters. The number of amides is 2. The number of halogens is 1. The number of aryl methyl sites for hydroxylation is 1. The molecular weight excluding hydrogens is 633 g/mol. The molecule has 3 heterocycles. The maximum Gasteiger partial charge on any atom is 0.410 e. The first-order valence-electron chi connectivity index (χ1n) is 18.6. The molecule has 2 aromatic heterocycles.